The number of aryl methyl sites for hydroxylation is 2. The smallest absolute Gasteiger partial charge is 0.129 e. The molecular formula is C14H15FOS. The topological polar surface area (TPSA) is 20.2 Å². The minimum Gasteiger partial charge on any atom is -0.388 e. The predicted molar refractivity (Wildman–Crippen MR) is 68.9 cm³/mol. The van der Waals surface area contributed by atoms with Gasteiger partial charge in [-0.25, -0.2) is 4.39 Å². The fraction of sp³-hybridized carbons (Fsp3) is 0.286. The van der Waals surface area contributed by atoms with Gasteiger partial charge in [-0.2, -0.15) is 0 Å². The van der Waals surface area contributed by atoms with Crippen LogP contribution in [0.3, 0.4) is 0 Å². The SMILES string of the molecule is Cc1cc(C)c(C(O)Cc2cccs2)c(F)c1. The van der Waals surface area contributed by atoms with Crippen LogP contribution in [0.25, 0.3) is 0 Å². The van der Waals surface area contributed by atoms with Crippen molar-refractivity contribution >= 4 is 11.3 Å². The molecule has 2 rings (SSSR count). The second-order valence-electron chi connectivity index (χ2n) is 4.28. The van der Waals surface area contributed by atoms with Gasteiger partial charge in [0.15, 0.2) is 0 Å². The summed E-state index contributed by atoms with van der Waals surface area (Å²) in [6, 6.07) is 7.26. The van der Waals surface area contributed by atoms with E-state index < -0.39 is 6.10 Å². The van der Waals surface area contributed by atoms with E-state index in [0.717, 1.165) is 16.0 Å². The van der Waals surface area contributed by atoms with Gasteiger partial charge in [0.25, 0.3) is 0 Å². The van der Waals surface area contributed by atoms with Crippen LogP contribution in [0.15, 0.2) is 29.6 Å². The molecular weight excluding hydrogens is 235 g/mol. The van der Waals surface area contributed by atoms with Crippen molar-refractivity contribution < 1.29 is 9.50 Å². The summed E-state index contributed by atoms with van der Waals surface area (Å²) < 4.78 is 13.8. The largest absolute Gasteiger partial charge is 0.388 e. The summed E-state index contributed by atoms with van der Waals surface area (Å²) in [4.78, 5) is 1.07. The van der Waals surface area contributed by atoms with E-state index in [1.54, 1.807) is 11.3 Å². The molecule has 0 saturated heterocycles. The predicted octanol–water partition coefficient (Wildman–Crippen LogP) is 3.78. The molecule has 0 aliphatic heterocycles. The maximum absolute atomic E-state index is 13.8. The van der Waals surface area contributed by atoms with Crippen LogP contribution in [0, 0.1) is 19.7 Å². The highest BCUT2D eigenvalue weighted by molar-refractivity contribution is 7.09. The molecule has 0 saturated carbocycles. The van der Waals surface area contributed by atoms with E-state index in [-0.39, 0.29) is 5.82 Å². The Morgan fingerprint density at radius 3 is 2.71 bits per heavy atom. The van der Waals surface area contributed by atoms with Crippen molar-refractivity contribution in [1.29, 1.82) is 0 Å². The minimum atomic E-state index is -0.769. The van der Waals surface area contributed by atoms with Crippen molar-refractivity contribution in [3.8, 4) is 0 Å². The van der Waals surface area contributed by atoms with E-state index >= 15 is 0 Å². The summed E-state index contributed by atoms with van der Waals surface area (Å²) in [6.07, 6.45) is -0.298. The quantitative estimate of drug-likeness (QED) is 0.879. The number of hydrogen-bond acceptors (Lipinski definition) is 2. The van der Waals surface area contributed by atoms with Crippen LogP contribution in [0.2, 0.25) is 0 Å². The van der Waals surface area contributed by atoms with E-state index in [4.69, 9.17) is 0 Å². The highest BCUT2D eigenvalue weighted by atomic mass is 32.1. The van der Waals surface area contributed by atoms with Gasteiger partial charge in [0.2, 0.25) is 0 Å². The number of halogens is 1. The first kappa shape index (κ1) is 12.3. The minimum absolute atomic E-state index is 0.313. The van der Waals surface area contributed by atoms with Gasteiger partial charge in [-0.15, -0.1) is 11.3 Å². The van der Waals surface area contributed by atoms with Crippen molar-refractivity contribution in [2.24, 2.45) is 0 Å². The molecule has 0 aliphatic rings. The van der Waals surface area contributed by atoms with Gasteiger partial charge < -0.3 is 5.11 Å². The number of benzene rings is 1. The zero-order valence-electron chi connectivity index (χ0n) is 9.90. The summed E-state index contributed by atoms with van der Waals surface area (Å²) in [6.45, 7) is 3.69. The summed E-state index contributed by atoms with van der Waals surface area (Å²) in [5.41, 5.74) is 2.11. The molecule has 3 heteroatoms. The summed E-state index contributed by atoms with van der Waals surface area (Å²) in [5.74, 6) is -0.313. The first-order valence-electron chi connectivity index (χ1n) is 5.55. The lowest BCUT2D eigenvalue weighted by Gasteiger charge is -2.14. The van der Waals surface area contributed by atoms with Gasteiger partial charge in [-0.1, -0.05) is 12.1 Å². The Morgan fingerprint density at radius 2 is 2.12 bits per heavy atom. The molecule has 0 radical (unpaired) electrons. The van der Waals surface area contributed by atoms with Gasteiger partial charge in [0, 0.05) is 16.9 Å². The third-order valence-corrected chi connectivity index (χ3v) is 3.69. The maximum Gasteiger partial charge on any atom is 0.129 e. The summed E-state index contributed by atoms with van der Waals surface area (Å²) in [5, 5.41) is 12.1. The summed E-state index contributed by atoms with van der Waals surface area (Å²) in [7, 11) is 0. The Bertz CT molecular complexity index is 482. The van der Waals surface area contributed by atoms with Gasteiger partial charge in [-0.05, 0) is 42.5 Å². The lowest BCUT2D eigenvalue weighted by molar-refractivity contribution is 0.174. The molecule has 0 bridgehead atoms. The van der Waals surface area contributed by atoms with Gasteiger partial charge in [-0.3, -0.25) is 0 Å². The van der Waals surface area contributed by atoms with Crippen molar-refractivity contribution in [3.05, 3.63) is 57.0 Å². The lowest BCUT2D eigenvalue weighted by Crippen LogP contribution is -2.06. The van der Waals surface area contributed by atoms with E-state index in [2.05, 4.69) is 0 Å². The molecule has 17 heavy (non-hydrogen) atoms. The highest BCUT2D eigenvalue weighted by Gasteiger charge is 2.16. The Kier molecular flexibility index (Phi) is 3.60. The second kappa shape index (κ2) is 4.98. The van der Waals surface area contributed by atoms with Crippen LogP contribution in [-0.4, -0.2) is 5.11 Å². The molecule has 1 aromatic heterocycles. The van der Waals surface area contributed by atoms with Crippen molar-refractivity contribution in [2.75, 3.05) is 0 Å². The Morgan fingerprint density at radius 1 is 1.35 bits per heavy atom. The molecule has 1 nitrogen and oxygen atoms in total. The normalized spacial score (nSPS) is 12.7. The molecule has 0 amide bonds. The Balaban J connectivity index is 2.27. The lowest BCUT2D eigenvalue weighted by atomic mass is 9.98. The third kappa shape index (κ3) is 2.73. The van der Waals surface area contributed by atoms with E-state index in [9.17, 15) is 9.50 Å². The summed E-state index contributed by atoms with van der Waals surface area (Å²) >= 11 is 1.58. The van der Waals surface area contributed by atoms with Crippen LogP contribution in [0.4, 0.5) is 4.39 Å². The average Bonchev–Trinajstić information content (AvgIpc) is 2.68. The van der Waals surface area contributed by atoms with Gasteiger partial charge in [0.05, 0.1) is 6.10 Å². The second-order valence-corrected chi connectivity index (χ2v) is 5.31. The number of rotatable bonds is 3. The van der Waals surface area contributed by atoms with E-state index in [0.29, 0.717) is 12.0 Å². The first-order chi connectivity index (χ1) is 8.08. The van der Waals surface area contributed by atoms with Crippen LogP contribution < -0.4 is 0 Å². The number of thiophene rings is 1. The van der Waals surface area contributed by atoms with Crippen LogP contribution >= 0.6 is 11.3 Å². The molecule has 1 aromatic carbocycles. The van der Waals surface area contributed by atoms with Crippen LogP contribution in [-0.2, 0) is 6.42 Å². The Labute approximate surface area is 105 Å². The molecule has 90 valence electrons. The van der Waals surface area contributed by atoms with Crippen LogP contribution in [0.1, 0.15) is 27.7 Å². The zero-order chi connectivity index (χ0) is 12.4. The fourth-order valence-electron chi connectivity index (χ4n) is 2.07. The fourth-order valence-corrected chi connectivity index (χ4v) is 2.81. The number of aliphatic hydroxyl groups is 1. The molecule has 1 heterocycles. The number of hydrogen-bond donors (Lipinski definition) is 1. The van der Waals surface area contributed by atoms with E-state index in [1.165, 1.54) is 6.07 Å². The number of aliphatic hydroxyl groups excluding tert-OH is 1. The van der Waals surface area contributed by atoms with Gasteiger partial charge >= 0.3 is 0 Å². The highest BCUT2D eigenvalue weighted by Crippen LogP contribution is 2.26. The van der Waals surface area contributed by atoms with Crippen molar-refractivity contribution in [1.82, 2.24) is 0 Å². The first-order valence-corrected chi connectivity index (χ1v) is 6.43. The van der Waals surface area contributed by atoms with Crippen molar-refractivity contribution in [2.45, 2.75) is 26.4 Å². The molecule has 1 unspecified atom stereocenters. The molecule has 0 aliphatic carbocycles. The zero-order valence-corrected chi connectivity index (χ0v) is 10.7. The molecule has 1 atom stereocenters. The third-order valence-electron chi connectivity index (χ3n) is 2.79. The van der Waals surface area contributed by atoms with Gasteiger partial charge in [0.1, 0.15) is 5.82 Å². The average molecular weight is 250 g/mol. The Hall–Kier alpha value is -1.19. The van der Waals surface area contributed by atoms with Crippen molar-refractivity contribution in [3.63, 3.8) is 0 Å². The molecule has 0 fully saturated rings. The molecule has 2 aromatic rings. The maximum atomic E-state index is 13.8. The standard InChI is InChI=1S/C14H15FOS/c1-9-6-10(2)14(12(15)7-9)13(16)8-11-4-3-5-17-11/h3-7,13,16H,8H2,1-2H3. The van der Waals surface area contributed by atoms with Crippen LogP contribution in [0.5, 0.6) is 0 Å². The monoisotopic (exact) mass is 250 g/mol. The molecule has 0 spiro atoms. The van der Waals surface area contributed by atoms with E-state index in [1.807, 2.05) is 37.4 Å². The molecule has 1 N–H and O–H groups in total.